The van der Waals surface area contributed by atoms with Gasteiger partial charge in [-0.1, -0.05) is 135 Å². The van der Waals surface area contributed by atoms with Gasteiger partial charge in [0.1, 0.15) is 6.10 Å². The van der Waals surface area contributed by atoms with Gasteiger partial charge in [0, 0.05) is 12.8 Å². The maximum Gasteiger partial charge on any atom is 0.306 e. The average molecular weight is 551 g/mol. The maximum atomic E-state index is 12.5. The maximum absolute atomic E-state index is 12.5. The minimum Gasteiger partial charge on any atom is -0.481 e. The lowest BCUT2D eigenvalue weighted by Gasteiger charge is -2.18. The third-order valence-corrected chi connectivity index (χ3v) is 7.74. The third-order valence-electron chi connectivity index (χ3n) is 7.74. The topological polar surface area (TPSA) is 63.6 Å². The van der Waals surface area contributed by atoms with Crippen LogP contribution in [0.15, 0.2) is 12.2 Å². The lowest BCUT2D eigenvalue weighted by Crippen LogP contribution is -2.18. The summed E-state index contributed by atoms with van der Waals surface area (Å²) in [6, 6.07) is 0. The molecule has 0 saturated carbocycles. The molecule has 0 rings (SSSR count). The molecule has 1 atom stereocenters. The van der Waals surface area contributed by atoms with Crippen LogP contribution in [0.5, 0.6) is 0 Å². The Morgan fingerprint density at radius 3 is 1.46 bits per heavy atom. The van der Waals surface area contributed by atoms with Crippen molar-refractivity contribution < 1.29 is 19.4 Å². The van der Waals surface area contributed by atoms with Crippen LogP contribution >= 0.6 is 0 Å². The molecular formula is C35H66O4. The van der Waals surface area contributed by atoms with Gasteiger partial charge in [0.15, 0.2) is 0 Å². The molecule has 0 fully saturated rings. The summed E-state index contributed by atoms with van der Waals surface area (Å²) in [5, 5.41) is 8.69. The highest BCUT2D eigenvalue weighted by Crippen LogP contribution is 2.18. The smallest absolute Gasteiger partial charge is 0.306 e. The van der Waals surface area contributed by atoms with E-state index in [-0.39, 0.29) is 12.1 Å². The first kappa shape index (κ1) is 37.7. The van der Waals surface area contributed by atoms with Crippen LogP contribution in [0.4, 0.5) is 0 Å². The Bertz CT molecular complexity index is 557. The van der Waals surface area contributed by atoms with Crippen LogP contribution in [-0.2, 0) is 14.3 Å². The van der Waals surface area contributed by atoms with Gasteiger partial charge in [0.25, 0.3) is 0 Å². The quantitative estimate of drug-likeness (QED) is 0.0529. The van der Waals surface area contributed by atoms with E-state index in [9.17, 15) is 9.59 Å². The highest BCUT2D eigenvalue weighted by Gasteiger charge is 2.14. The van der Waals surface area contributed by atoms with Crippen molar-refractivity contribution in [2.75, 3.05) is 0 Å². The number of hydrogen-bond acceptors (Lipinski definition) is 3. The van der Waals surface area contributed by atoms with E-state index in [0.717, 1.165) is 51.4 Å². The third kappa shape index (κ3) is 31.1. The first-order valence-corrected chi connectivity index (χ1v) is 17.2. The monoisotopic (exact) mass is 550 g/mol. The number of hydrogen-bond donors (Lipinski definition) is 1. The van der Waals surface area contributed by atoms with Crippen molar-refractivity contribution in [1.82, 2.24) is 0 Å². The lowest BCUT2D eigenvalue weighted by atomic mass is 10.0. The Morgan fingerprint density at radius 1 is 0.538 bits per heavy atom. The fourth-order valence-electron chi connectivity index (χ4n) is 5.16. The first-order chi connectivity index (χ1) is 19.1. The summed E-state index contributed by atoms with van der Waals surface area (Å²) in [5.41, 5.74) is 0. The number of aliphatic carboxylic acids is 1. The van der Waals surface area contributed by atoms with Gasteiger partial charge in [0.2, 0.25) is 0 Å². The molecule has 0 amide bonds. The molecule has 1 N–H and O–H groups in total. The van der Waals surface area contributed by atoms with Crippen molar-refractivity contribution in [1.29, 1.82) is 0 Å². The van der Waals surface area contributed by atoms with E-state index in [0.29, 0.717) is 12.8 Å². The van der Waals surface area contributed by atoms with Crippen LogP contribution in [-0.4, -0.2) is 23.1 Å². The number of rotatable bonds is 31. The second-order valence-corrected chi connectivity index (χ2v) is 11.7. The lowest BCUT2D eigenvalue weighted by molar-refractivity contribution is -0.150. The molecule has 4 nitrogen and oxygen atoms in total. The summed E-state index contributed by atoms with van der Waals surface area (Å²) in [6.45, 7) is 4.49. The number of unbranched alkanes of at least 4 members (excludes halogenated alkanes) is 20. The molecular weight excluding hydrogens is 484 g/mol. The second kappa shape index (κ2) is 31.2. The summed E-state index contributed by atoms with van der Waals surface area (Å²) in [5.74, 6) is -0.656. The zero-order valence-electron chi connectivity index (χ0n) is 26.2. The number of carboxylic acid groups (broad SMARTS) is 1. The number of esters is 1. The Labute approximate surface area is 243 Å². The van der Waals surface area contributed by atoms with Gasteiger partial charge in [-0.2, -0.15) is 0 Å². The summed E-state index contributed by atoms with van der Waals surface area (Å²) in [4.78, 5) is 23.1. The summed E-state index contributed by atoms with van der Waals surface area (Å²) in [7, 11) is 0. The van der Waals surface area contributed by atoms with Crippen molar-refractivity contribution in [2.45, 2.75) is 200 Å². The molecule has 0 aliphatic heterocycles. The van der Waals surface area contributed by atoms with E-state index in [4.69, 9.17) is 9.84 Å². The van der Waals surface area contributed by atoms with E-state index in [2.05, 4.69) is 26.0 Å². The fourth-order valence-corrected chi connectivity index (χ4v) is 5.16. The number of ether oxygens (including phenoxy) is 1. The van der Waals surface area contributed by atoms with E-state index in [1.807, 2.05) is 0 Å². The minimum absolute atomic E-state index is 0.0219. The number of allylic oxidation sites excluding steroid dienone is 2. The fraction of sp³-hybridized carbons (Fsp3) is 0.886. The van der Waals surface area contributed by atoms with Gasteiger partial charge in [-0.05, 0) is 57.8 Å². The average Bonchev–Trinajstić information content (AvgIpc) is 2.91. The zero-order chi connectivity index (χ0) is 28.7. The second-order valence-electron chi connectivity index (χ2n) is 11.7. The molecule has 0 aromatic carbocycles. The zero-order valence-corrected chi connectivity index (χ0v) is 26.2. The Balaban J connectivity index is 3.92. The number of carbonyl (C=O) groups excluding carboxylic acids is 1. The molecule has 0 aromatic rings. The molecule has 0 aliphatic carbocycles. The largest absolute Gasteiger partial charge is 0.481 e. The Hall–Kier alpha value is -1.32. The van der Waals surface area contributed by atoms with Crippen LogP contribution < -0.4 is 0 Å². The molecule has 0 heterocycles. The van der Waals surface area contributed by atoms with Crippen molar-refractivity contribution in [3.8, 4) is 0 Å². The predicted octanol–water partition coefficient (Wildman–Crippen LogP) is 11.5. The van der Waals surface area contributed by atoms with E-state index in [1.165, 1.54) is 116 Å². The highest BCUT2D eigenvalue weighted by molar-refractivity contribution is 5.69. The molecule has 0 radical (unpaired) electrons. The van der Waals surface area contributed by atoms with Crippen molar-refractivity contribution in [3.63, 3.8) is 0 Å². The van der Waals surface area contributed by atoms with Gasteiger partial charge >= 0.3 is 11.9 Å². The molecule has 0 saturated heterocycles. The van der Waals surface area contributed by atoms with Crippen LogP contribution in [0.1, 0.15) is 194 Å². The van der Waals surface area contributed by atoms with Crippen LogP contribution in [0.25, 0.3) is 0 Å². The van der Waals surface area contributed by atoms with Crippen LogP contribution in [0.2, 0.25) is 0 Å². The van der Waals surface area contributed by atoms with Gasteiger partial charge in [0.05, 0.1) is 0 Å². The summed E-state index contributed by atoms with van der Waals surface area (Å²) >= 11 is 0. The molecule has 0 aliphatic rings. The Morgan fingerprint density at radius 2 is 0.949 bits per heavy atom. The number of carboxylic acids is 1. The Kier molecular flexibility index (Phi) is 30.2. The van der Waals surface area contributed by atoms with E-state index < -0.39 is 5.97 Å². The molecule has 1 unspecified atom stereocenters. The predicted molar refractivity (Wildman–Crippen MR) is 167 cm³/mol. The highest BCUT2D eigenvalue weighted by atomic mass is 16.5. The van der Waals surface area contributed by atoms with Crippen molar-refractivity contribution >= 4 is 11.9 Å². The number of carbonyl (C=O) groups is 2. The molecule has 0 bridgehead atoms. The molecule has 230 valence electrons. The van der Waals surface area contributed by atoms with Crippen molar-refractivity contribution in [3.05, 3.63) is 12.2 Å². The molecule has 39 heavy (non-hydrogen) atoms. The first-order valence-electron chi connectivity index (χ1n) is 17.2. The SMILES string of the molecule is CCCC/C=C\CCCCCCCCC(=O)OC(CCCCCCC)CCCCCCCCCCCC(=O)O. The van der Waals surface area contributed by atoms with E-state index >= 15 is 0 Å². The normalized spacial score (nSPS) is 12.3. The summed E-state index contributed by atoms with van der Waals surface area (Å²) in [6.07, 6.45) is 36.6. The standard InChI is InChI=1S/C35H66O4/c1-3-5-7-9-10-11-12-13-17-20-24-28-32-35(38)39-33(29-25-21-8-6-4-2)30-26-22-18-15-14-16-19-23-27-31-34(36)37/h9-10,33H,3-8,11-32H2,1-2H3,(H,36,37)/b10-9-. The molecule has 4 heteroatoms. The van der Waals surface area contributed by atoms with Gasteiger partial charge in [-0.25, -0.2) is 0 Å². The van der Waals surface area contributed by atoms with Crippen LogP contribution in [0, 0.1) is 0 Å². The summed E-state index contributed by atoms with van der Waals surface area (Å²) < 4.78 is 5.97. The molecule has 0 spiro atoms. The van der Waals surface area contributed by atoms with Gasteiger partial charge in [-0.15, -0.1) is 0 Å². The van der Waals surface area contributed by atoms with Crippen LogP contribution in [0.3, 0.4) is 0 Å². The van der Waals surface area contributed by atoms with Crippen molar-refractivity contribution in [2.24, 2.45) is 0 Å². The molecule has 0 aromatic heterocycles. The van der Waals surface area contributed by atoms with E-state index in [1.54, 1.807) is 0 Å². The minimum atomic E-state index is -0.678. The van der Waals surface area contributed by atoms with Gasteiger partial charge < -0.3 is 9.84 Å². The van der Waals surface area contributed by atoms with Gasteiger partial charge in [-0.3, -0.25) is 9.59 Å².